The Hall–Kier alpha value is -0.0800. The molecule has 0 aromatic carbocycles. The van der Waals surface area contributed by atoms with E-state index in [-0.39, 0.29) is 6.10 Å². The molecule has 22 heavy (non-hydrogen) atoms. The lowest BCUT2D eigenvalue weighted by molar-refractivity contribution is 0.180. The van der Waals surface area contributed by atoms with Crippen LogP contribution in [0.25, 0.3) is 0 Å². The van der Waals surface area contributed by atoms with Crippen LogP contribution in [0.15, 0.2) is 0 Å². The highest BCUT2D eigenvalue weighted by Crippen LogP contribution is 2.08. The predicted molar refractivity (Wildman–Crippen MR) is 99.4 cm³/mol. The average molecular weight is 317 g/mol. The van der Waals surface area contributed by atoms with Gasteiger partial charge in [-0.2, -0.15) is 0 Å². The van der Waals surface area contributed by atoms with Crippen LogP contribution in [-0.4, -0.2) is 22.9 Å². The third-order valence-corrected chi connectivity index (χ3v) is 3.99. The van der Waals surface area contributed by atoms with Gasteiger partial charge in [0.2, 0.25) is 0 Å². The fraction of sp³-hybridized carbons (Fsp3) is 1.00. The van der Waals surface area contributed by atoms with Gasteiger partial charge in [-0.15, -0.1) is 0 Å². The van der Waals surface area contributed by atoms with E-state index in [4.69, 9.17) is 10.2 Å². The van der Waals surface area contributed by atoms with Crippen LogP contribution in [0.3, 0.4) is 0 Å². The molecule has 0 aliphatic rings. The first-order valence-electron chi connectivity index (χ1n) is 9.97. The Kier molecular flexibility index (Phi) is 25.5. The molecule has 0 saturated heterocycles. The molecule has 0 spiro atoms. The zero-order valence-corrected chi connectivity index (χ0v) is 15.8. The summed E-state index contributed by atoms with van der Waals surface area (Å²) < 4.78 is 0. The first-order chi connectivity index (χ1) is 10.7. The van der Waals surface area contributed by atoms with Crippen LogP contribution in [0.2, 0.25) is 0 Å². The monoisotopic (exact) mass is 316 g/mol. The number of aliphatic hydroxyl groups excluding tert-OH is 2. The molecule has 0 saturated carbocycles. The Bertz CT molecular complexity index is 161. The maximum Gasteiger partial charge on any atom is 0.0512 e. The van der Waals surface area contributed by atoms with E-state index in [0.717, 1.165) is 12.8 Å². The van der Waals surface area contributed by atoms with Crippen LogP contribution < -0.4 is 0 Å². The topological polar surface area (TPSA) is 40.5 Å². The van der Waals surface area contributed by atoms with Crippen molar-refractivity contribution in [3.63, 3.8) is 0 Å². The van der Waals surface area contributed by atoms with Gasteiger partial charge in [0.1, 0.15) is 0 Å². The number of rotatable bonds is 15. The molecule has 0 aliphatic heterocycles. The number of hydrogen-bond donors (Lipinski definition) is 2. The van der Waals surface area contributed by atoms with E-state index in [2.05, 4.69) is 13.8 Å². The van der Waals surface area contributed by atoms with Gasteiger partial charge in [-0.3, -0.25) is 0 Å². The number of hydrogen-bond acceptors (Lipinski definition) is 2. The van der Waals surface area contributed by atoms with Crippen molar-refractivity contribution in [3.8, 4) is 0 Å². The largest absolute Gasteiger partial charge is 0.396 e. The van der Waals surface area contributed by atoms with Crippen LogP contribution >= 0.6 is 0 Å². The molecular weight excluding hydrogens is 272 g/mol. The van der Waals surface area contributed by atoms with Gasteiger partial charge < -0.3 is 10.2 Å². The van der Waals surface area contributed by atoms with Gasteiger partial charge in [-0.25, -0.2) is 0 Å². The van der Waals surface area contributed by atoms with Crippen LogP contribution in [0, 0.1) is 0 Å². The molecule has 0 rings (SSSR count). The van der Waals surface area contributed by atoms with Crippen molar-refractivity contribution in [2.24, 2.45) is 0 Å². The first kappa shape index (κ1) is 24.2. The van der Waals surface area contributed by atoms with E-state index >= 15 is 0 Å². The summed E-state index contributed by atoms with van der Waals surface area (Å²) in [5.74, 6) is 0. The Morgan fingerprint density at radius 1 is 0.591 bits per heavy atom. The summed E-state index contributed by atoms with van der Waals surface area (Å²) in [5, 5.41) is 17.5. The van der Waals surface area contributed by atoms with Gasteiger partial charge in [0.15, 0.2) is 0 Å². The van der Waals surface area contributed by atoms with Crippen molar-refractivity contribution in [1.82, 2.24) is 0 Å². The SMILES string of the molecule is CCCCCCCCC(C)O.CCCCCCCCCCO. The van der Waals surface area contributed by atoms with Crippen molar-refractivity contribution < 1.29 is 10.2 Å². The van der Waals surface area contributed by atoms with Crippen LogP contribution in [0.1, 0.15) is 117 Å². The van der Waals surface area contributed by atoms with Gasteiger partial charge in [0.25, 0.3) is 0 Å². The summed E-state index contributed by atoms with van der Waals surface area (Å²) in [6.07, 6.45) is 19.2. The minimum atomic E-state index is -0.0961. The third-order valence-electron chi connectivity index (χ3n) is 3.99. The molecule has 0 amide bonds. The third kappa shape index (κ3) is 28.1. The number of aliphatic hydroxyl groups is 2. The molecule has 0 bridgehead atoms. The van der Waals surface area contributed by atoms with Gasteiger partial charge in [0, 0.05) is 6.61 Å². The standard InChI is InChI=1S/2C10H22O/c1-3-4-5-6-7-8-9-10(2)11;1-2-3-4-5-6-7-8-9-10-11/h10-11H,3-9H2,1-2H3;11H,2-10H2,1H3. The fourth-order valence-electron chi connectivity index (χ4n) is 2.47. The van der Waals surface area contributed by atoms with E-state index < -0.39 is 0 Å². The molecule has 1 atom stereocenters. The van der Waals surface area contributed by atoms with Crippen molar-refractivity contribution in [1.29, 1.82) is 0 Å². The minimum absolute atomic E-state index is 0.0961. The molecule has 2 nitrogen and oxygen atoms in total. The Labute approximate surface area is 140 Å². The van der Waals surface area contributed by atoms with Crippen LogP contribution in [-0.2, 0) is 0 Å². The molecule has 0 fully saturated rings. The van der Waals surface area contributed by atoms with Gasteiger partial charge in [-0.05, 0) is 19.8 Å². The van der Waals surface area contributed by atoms with Crippen LogP contribution in [0.5, 0.6) is 0 Å². The summed E-state index contributed by atoms with van der Waals surface area (Å²) in [5.41, 5.74) is 0. The van der Waals surface area contributed by atoms with E-state index in [1.54, 1.807) is 0 Å². The molecule has 0 heterocycles. The summed E-state index contributed by atoms with van der Waals surface area (Å²) in [6.45, 7) is 6.71. The highest BCUT2D eigenvalue weighted by Gasteiger charge is 1.94. The molecule has 0 aromatic heterocycles. The Balaban J connectivity index is 0. The molecule has 136 valence electrons. The van der Waals surface area contributed by atoms with Gasteiger partial charge in [-0.1, -0.05) is 97.3 Å². The maximum atomic E-state index is 8.96. The molecule has 1 unspecified atom stereocenters. The summed E-state index contributed by atoms with van der Waals surface area (Å²) in [7, 11) is 0. The molecular formula is C20H44O2. The lowest BCUT2D eigenvalue weighted by Crippen LogP contribution is -1.98. The highest BCUT2D eigenvalue weighted by molar-refractivity contribution is 4.49. The Morgan fingerprint density at radius 2 is 0.955 bits per heavy atom. The van der Waals surface area contributed by atoms with Crippen molar-refractivity contribution in [2.45, 2.75) is 123 Å². The summed E-state index contributed by atoms with van der Waals surface area (Å²) in [4.78, 5) is 0. The quantitative estimate of drug-likeness (QED) is 0.351. The van der Waals surface area contributed by atoms with Crippen LogP contribution in [0.4, 0.5) is 0 Å². The lowest BCUT2D eigenvalue weighted by Gasteiger charge is -2.02. The zero-order chi connectivity index (χ0) is 16.9. The second kappa shape index (κ2) is 23.2. The normalized spacial score (nSPS) is 11.9. The van der Waals surface area contributed by atoms with Gasteiger partial charge >= 0.3 is 0 Å². The molecule has 0 aromatic rings. The summed E-state index contributed by atoms with van der Waals surface area (Å²) in [6, 6.07) is 0. The predicted octanol–water partition coefficient (Wildman–Crippen LogP) is 6.24. The second-order valence-corrected chi connectivity index (χ2v) is 6.60. The van der Waals surface area contributed by atoms with Gasteiger partial charge in [0.05, 0.1) is 6.10 Å². The second-order valence-electron chi connectivity index (χ2n) is 6.60. The average Bonchev–Trinajstić information content (AvgIpc) is 2.50. The van der Waals surface area contributed by atoms with E-state index in [9.17, 15) is 0 Å². The molecule has 2 N–H and O–H groups in total. The van der Waals surface area contributed by atoms with Crippen molar-refractivity contribution >= 4 is 0 Å². The smallest absolute Gasteiger partial charge is 0.0512 e. The lowest BCUT2D eigenvalue weighted by atomic mass is 10.1. The van der Waals surface area contributed by atoms with Crippen molar-refractivity contribution in [2.75, 3.05) is 6.61 Å². The first-order valence-corrected chi connectivity index (χ1v) is 9.97. The fourth-order valence-corrected chi connectivity index (χ4v) is 2.47. The molecule has 2 heteroatoms. The van der Waals surface area contributed by atoms with Crippen molar-refractivity contribution in [3.05, 3.63) is 0 Å². The van der Waals surface area contributed by atoms with E-state index in [1.807, 2.05) is 6.92 Å². The summed E-state index contributed by atoms with van der Waals surface area (Å²) >= 11 is 0. The molecule has 0 radical (unpaired) electrons. The van der Waals surface area contributed by atoms with E-state index in [0.29, 0.717) is 6.61 Å². The minimum Gasteiger partial charge on any atom is -0.396 e. The van der Waals surface area contributed by atoms with E-state index in [1.165, 1.54) is 83.5 Å². The maximum absolute atomic E-state index is 8.96. The highest BCUT2D eigenvalue weighted by atomic mass is 16.3. The number of unbranched alkanes of at least 4 members (excludes halogenated alkanes) is 12. The Morgan fingerprint density at radius 3 is 1.32 bits per heavy atom. The molecule has 0 aliphatic carbocycles. The zero-order valence-electron chi connectivity index (χ0n) is 15.8.